The molecule has 1 amide bonds. The van der Waals surface area contributed by atoms with Gasteiger partial charge in [-0.05, 0) is 36.6 Å². The number of hydrogen-bond donors (Lipinski definition) is 0. The van der Waals surface area contributed by atoms with E-state index in [1.165, 1.54) is 0 Å². The molecule has 0 spiro atoms. The predicted molar refractivity (Wildman–Crippen MR) is 119 cm³/mol. The molecule has 1 fully saturated rings. The van der Waals surface area contributed by atoms with Gasteiger partial charge in [0, 0.05) is 57.3 Å². The molecule has 0 unspecified atom stereocenters. The first kappa shape index (κ1) is 20.8. The van der Waals surface area contributed by atoms with Gasteiger partial charge >= 0.3 is 0 Å². The first-order chi connectivity index (χ1) is 15.0. The van der Waals surface area contributed by atoms with Crippen LogP contribution < -0.4 is 9.64 Å². The van der Waals surface area contributed by atoms with Gasteiger partial charge in [0.15, 0.2) is 0 Å². The number of rotatable bonds is 6. The summed E-state index contributed by atoms with van der Waals surface area (Å²) in [7, 11) is 5.53. The van der Waals surface area contributed by atoms with Gasteiger partial charge in [0.2, 0.25) is 11.9 Å². The molecule has 8 nitrogen and oxygen atoms in total. The third kappa shape index (κ3) is 4.68. The molecule has 3 aromatic rings. The number of benzene rings is 1. The van der Waals surface area contributed by atoms with Crippen molar-refractivity contribution < 1.29 is 9.53 Å². The summed E-state index contributed by atoms with van der Waals surface area (Å²) in [6.45, 7) is 1.66. The summed E-state index contributed by atoms with van der Waals surface area (Å²) in [6, 6.07) is 9.77. The molecule has 4 rings (SSSR count). The molecule has 0 saturated carbocycles. The van der Waals surface area contributed by atoms with Crippen molar-refractivity contribution in [1.29, 1.82) is 0 Å². The van der Waals surface area contributed by atoms with Gasteiger partial charge in [0.05, 0.1) is 12.8 Å². The fraction of sp³-hybridized carbons (Fsp3) is 0.391. The summed E-state index contributed by atoms with van der Waals surface area (Å²) >= 11 is 0. The Hall–Kier alpha value is -3.42. The second-order valence-electron chi connectivity index (χ2n) is 7.98. The molecule has 1 aromatic carbocycles. The molecular formula is C23H28N6O2. The number of carbonyl (C=O) groups is 1. The molecule has 162 valence electrons. The standard InChI is InChI=1S/C23H28N6O2/c1-27(2)23-24-14-20(17-7-4-9-19(13-17)31-3)22(26-23)18-8-5-11-28(15-18)21(30)16-29-12-6-10-25-29/h4,6-7,9-10,12-14,18H,5,8,11,15-16H2,1-3H3/t18-/m0/s1. The fourth-order valence-corrected chi connectivity index (χ4v) is 3.98. The summed E-state index contributed by atoms with van der Waals surface area (Å²) in [6.07, 6.45) is 7.31. The van der Waals surface area contributed by atoms with Crippen molar-refractivity contribution in [1.82, 2.24) is 24.6 Å². The average Bonchev–Trinajstić information content (AvgIpc) is 3.31. The van der Waals surface area contributed by atoms with E-state index in [1.807, 2.05) is 66.6 Å². The second kappa shape index (κ2) is 9.16. The molecule has 2 aromatic heterocycles. The fourth-order valence-electron chi connectivity index (χ4n) is 3.98. The lowest BCUT2D eigenvalue weighted by molar-refractivity contribution is -0.133. The van der Waals surface area contributed by atoms with Crippen molar-refractivity contribution >= 4 is 11.9 Å². The van der Waals surface area contributed by atoms with Gasteiger partial charge in [-0.1, -0.05) is 12.1 Å². The van der Waals surface area contributed by atoms with Crippen LogP contribution in [0.3, 0.4) is 0 Å². The zero-order chi connectivity index (χ0) is 21.8. The average molecular weight is 421 g/mol. The highest BCUT2D eigenvalue weighted by Gasteiger charge is 2.28. The van der Waals surface area contributed by atoms with Crippen LogP contribution in [0.1, 0.15) is 24.5 Å². The minimum Gasteiger partial charge on any atom is -0.497 e. The number of likely N-dealkylation sites (tertiary alicyclic amines) is 1. The zero-order valence-electron chi connectivity index (χ0n) is 18.2. The van der Waals surface area contributed by atoms with Crippen LogP contribution in [-0.2, 0) is 11.3 Å². The number of aromatic nitrogens is 4. The van der Waals surface area contributed by atoms with Crippen molar-refractivity contribution in [2.45, 2.75) is 25.3 Å². The molecule has 31 heavy (non-hydrogen) atoms. The zero-order valence-corrected chi connectivity index (χ0v) is 18.2. The van der Waals surface area contributed by atoms with Gasteiger partial charge in [0.1, 0.15) is 12.3 Å². The molecule has 1 aliphatic rings. The molecular weight excluding hydrogens is 392 g/mol. The van der Waals surface area contributed by atoms with Crippen LogP contribution in [0.4, 0.5) is 5.95 Å². The molecule has 1 aliphatic heterocycles. The Morgan fingerprint density at radius 2 is 2.16 bits per heavy atom. The molecule has 0 aliphatic carbocycles. The lowest BCUT2D eigenvalue weighted by Crippen LogP contribution is -2.41. The molecule has 0 bridgehead atoms. The molecule has 3 heterocycles. The van der Waals surface area contributed by atoms with Crippen LogP contribution in [-0.4, -0.2) is 64.9 Å². The van der Waals surface area contributed by atoms with E-state index in [9.17, 15) is 4.79 Å². The van der Waals surface area contributed by atoms with Crippen LogP contribution in [0.25, 0.3) is 11.1 Å². The second-order valence-corrected chi connectivity index (χ2v) is 7.98. The maximum Gasteiger partial charge on any atom is 0.244 e. The Bertz CT molecular complexity index is 1030. The quantitative estimate of drug-likeness (QED) is 0.610. The number of anilines is 1. The number of ether oxygens (including phenoxy) is 1. The monoisotopic (exact) mass is 420 g/mol. The third-order valence-corrected chi connectivity index (χ3v) is 5.60. The van der Waals surface area contributed by atoms with Crippen molar-refractivity contribution in [3.8, 4) is 16.9 Å². The van der Waals surface area contributed by atoms with Crippen LogP contribution >= 0.6 is 0 Å². The highest BCUT2D eigenvalue weighted by Crippen LogP contribution is 2.35. The van der Waals surface area contributed by atoms with E-state index in [0.717, 1.165) is 42.0 Å². The Labute approximate surface area is 182 Å². The Kier molecular flexibility index (Phi) is 6.16. The Balaban J connectivity index is 1.64. The van der Waals surface area contributed by atoms with Gasteiger partial charge in [-0.25, -0.2) is 9.97 Å². The largest absolute Gasteiger partial charge is 0.497 e. The van der Waals surface area contributed by atoms with Crippen molar-refractivity contribution in [3.63, 3.8) is 0 Å². The number of hydrogen-bond acceptors (Lipinski definition) is 6. The normalized spacial score (nSPS) is 16.2. The van der Waals surface area contributed by atoms with Gasteiger partial charge in [-0.15, -0.1) is 0 Å². The summed E-state index contributed by atoms with van der Waals surface area (Å²) in [5.41, 5.74) is 2.97. The SMILES string of the molecule is COc1cccc(-c2cnc(N(C)C)nc2[C@H]2CCCN(C(=O)Cn3cccn3)C2)c1. The van der Waals surface area contributed by atoms with E-state index in [1.54, 1.807) is 18.0 Å². The van der Waals surface area contributed by atoms with Crippen molar-refractivity contribution in [3.05, 3.63) is 54.6 Å². The smallest absolute Gasteiger partial charge is 0.244 e. The van der Waals surface area contributed by atoms with Crippen LogP contribution in [0, 0.1) is 0 Å². The number of carbonyl (C=O) groups excluding carboxylic acids is 1. The third-order valence-electron chi connectivity index (χ3n) is 5.60. The molecule has 1 saturated heterocycles. The van der Waals surface area contributed by atoms with E-state index in [2.05, 4.69) is 10.1 Å². The highest BCUT2D eigenvalue weighted by molar-refractivity contribution is 5.76. The van der Waals surface area contributed by atoms with E-state index in [0.29, 0.717) is 12.5 Å². The molecule has 8 heteroatoms. The first-order valence-electron chi connectivity index (χ1n) is 10.5. The van der Waals surface area contributed by atoms with Crippen molar-refractivity contribution in [2.24, 2.45) is 0 Å². The van der Waals surface area contributed by atoms with E-state index in [4.69, 9.17) is 9.72 Å². The van der Waals surface area contributed by atoms with E-state index in [-0.39, 0.29) is 18.4 Å². The Morgan fingerprint density at radius 1 is 1.29 bits per heavy atom. The number of amides is 1. The maximum atomic E-state index is 12.9. The van der Waals surface area contributed by atoms with Crippen LogP contribution in [0.5, 0.6) is 5.75 Å². The topological polar surface area (TPSA) is 76.4 Å². The van der Waals surface area contributed by atoms with E-state index >= 15 is 0 Å². The molecule has 0 N–H and O–H groups in total. The first-order valence-corrected chi connectivity index (χ1v) is 10.5. The summed E-state index contributed by atoms with van der Waals surface area (Å²) < 4.78 is 7.08. The van der Waals surface area contributed by atoms with Crippen molar-refractivity contribution in [2.75, 3.05) is 39.2 Å². The lowest BCUT2D eigenvalue weighted by Gasteiger charge is -2.33. The number of methoxy groups -OCH3 is 1. The number of nitrogens with zero attached hydrogens (tertiary/aromatic N) is 6. The van der Waals surface area contributed by atoms with E-state index < -0.39 is 0 Å². The maximum absolute atomic E-state index is 12.9. The lowest BCUT2D eigenvalue weighted by atomic mass is 9.90. The molecule has 1 atom stereocenters. The molecule has 0 radical (unpaired) electrons. The van der Waals surface area contributed by atoms with Crippen LogP contribution in [0.15, 0.2) is 48.9 Å². The summed E-state index contributed by atoms with van der Waals surface area (Å²) in [5.74, 6) is 1.68. The van der Waals surface area contributed by atoms with Gasteiger partial charge < -0.3 is 14.5 Å². The Morgan fingerprint density at radius 3 is 2.90 bits per heavy atom. The summed E-state index contributed by atoms with van der Waals surface area (Å²) in [5, 5.41) is 4.16. The number of piperidine rings is 1. The minimum absolute atomic E-state index is 0.0817. The highest BCUT2D eigenvalue weighted by atomic mass is 16.5. The van der Waals surface area contributed by atoms with Gasteiger partial charge in [0.25, 0.3) is 0 Å². The van der Waals surface area contributed by atoms with Gasteiger partial charge in [-0.2, -0.15) is 5.10 Å². The van der Waals surface area contributed by atoms with Gasteiger partial charge in [-0.3, -0.25) is 9.48 Å². The minimum atomic E-state index is 0.0817. The predicted octanol–water partition coefficient (Wildman–Crippen LogP) is 2.82. The van der Waals surface area contributed by atoms with Crippen LogP contribution in [0.2, 0.25) is 0 Å². The summed E-state index contributed by atoms with van der Waals surface area (Å²) in [4.78, 5) is 26.2.